The van der Waals surface area contributed by atoms with Gasteiger partial charge in [-0.05, 0) is 88.6 Å². The van der Waals surface area contributed by atoms with Gasteiger partial charge in [0.05, 0.1) is 38.6 Å². The average Bonchev–Trinajstić information content (AvgIpc) is 3.09. The summed E-state index contributed by atoms with van der Waals surface area (Å²) in [5, 5.41) is 15.7. The Labute approximate surface area is 264 Å². The molecular weight excluding hydrogens is 552 g/mol. The highest BCUT2D eigenvalue weighted by molar-refractivity contribution is 6.24. The second-order valence-corrected chi connectivity index (χ2v) is 12.2. The average molecular weight is 591 g/mol. The molecule has 8 aromatic carbocycles. The number of ether oxygens (including phenoxy) is 3. The summed E-state index contributed by atoms with van der Waals surface area (Å²) in [5.74, 6) is 0. The second kappa shape index (κ2) is 11.9. The minimum atomic E-state index is 0.0217. The summed E-state index contributed by atoms with van der Waals surface area (Å²) in [6.45, 7) is 6.57. The van der Waals surface area contributed by atoms with Crippen molar-refractivity contribution in [3.63, 3.8) is 0 Å². The van der Waals surface area contributed by atoms with Crippen molar-refractivity contribution in [2.24, 2.45) is 0 Å². The Balaban J connectivity index is 0.906. The Morgan fingerprint density at radius 3 is 1.16 bits per heavy atom. The van der Waals surface area contributed by atoms with Gasteiger partial charge >= 0.3 is 0 Å². The molecule has 224 valence electrons. The number of hydrogen-bond donors (Lipinski definition) is 0. The first-order valence-corrected chi connectivity index (χ1v) is 16.4. The summed E-state index contributed by atoms with van der Waals surface area (Å²) in [7, 11) is 0. The van der Waals surface area contributed by atoms with Gasteiger partial charge < -0.3 is 14.2 Å². The summed E-state index contributed by atoms with van der Waals surface area (Å²) in [5.41, 5.74) is 2.51. The van der Waals surface area contributed by atoms with Crippen molar-refractivity contribution in [3.05, 3.63) is 120 Å². The summed E-state index contributed by atoms with van der Waals surface area (Å²) >= 11 is 0. The zero-order valence-corrected chi connectivity index (χ0v) is 26.0. The van der Waals surface area contributed by atoms with Crippen LogP contribution in [0.1, 0.15) is 50.0 Å². The number of benzene rings is 8. The molecule has 0 spiro atoms. The zero-order valence-electron chi connectivity index (χ0n) is 26.0. The lowest BCUT2D eigenvalue weighted by Crippen LogP contribution is -2.14. The lowest BCUT2D eigenvalue weighted by atomic mass is 9.90. The summed E-state index contributed by atoms with van der Waals surface area (Å²) in [6.07, 6.45) is 1.86. The Bertz CT molecular complexity index is 2060. The van der Waals surface area contributed by atoms with E-state index >= 15 is 0 Å². The molecule has 3 nitrogen and oxygen atoms in total. The van der Waals surface area contributed by atoms with Crippen molar-refractivity contribution < 1.29 is 14.2 Å². The third kappa shape index (κ3) is 4.87. The molecular formula is C42H38O3. The maximum Gasteiger partial charge on any atom is 0.0829 e. The molecule has 0 heterocycles. The normalized spacial score (nSPS) is 13.7. The van der Waals surface area contributed by atoms with Crippen molar-refractivity contribution >= 4 is 64.6 Å². The van der Waals surface area contributed by atoms with E-state index in [4.69, 9.17) is 14.2 Å². The minimum Gasteiger partial charge on any atom is -0.377 e. The van der Waals surface area contributed by atoms with Gasteiger partial charge in [-0.1, -0.05) is 123 Å². The van der Waals surface area contributed by atoms with Crippen LogP contribution in [-0.4, -0.2) is 26.4 Å². The van der Waals surface area contributed by atoms with Crippen molar-refractivity contribution in [1.29, 1.82) is 0 Å². The van der Waals surface area contributed by atoms with Gasteiger partial charge in [0.15, 0.2) is 0 Å². The predicted octanol–water partition coefficient (Wildman–Crippen LogP) is 11.1. The topological polar surface area (TPSA) is 27.7 Å². The maximum atomic E-state index is 6.42. The van der Waals surface area contributed by atoms with Crippen LogP contribution >= 0.6 is 0 Å². The van der Waals surface area contributed by atoms with Crippen LogP contribution in [-0.2, 0) is 14.2 Å². The van der Waals surface area contributed by atoms with Crippen LogP contribution in [0.4, 0.5) is 0 Å². The quantitative estimate of drug-likeness (QED) is 0.105. The Hall–Kier alpha value is -4.28. The molecule has 0 aliphatic rings. The van der Waals surface area contributed by atoms with Crippen molar-refractivity contribution in [1.82, 2.24) is 0 Å². The molecule has 0 aliphatic heterocycles. The molecule has 8 aromatic rings. The molecule has 8 rings (SSSR count). The number of rotatable bonds is 12. The molecule has 0 fully saturated rings. The maximum absolute atomic E-state index is 6.42. The Morgan fingerprint density at radius 2 is 0.756 bits per heavy atom. The molecule has 0 radical (unpaired) electrons. The van der Waals surface area contributed by atoms with Crippen LogP contribution in [0.5, 0.6) is 0 Å². The van der Waals surface area contributed by atoms with E-state index in [1.807, 2.05) is 0 Å². The molecule has 0 N–H and O–H groups in total. The second-order valence-electron chi connectivity index (χ2n) is 12.2. The van der Waals surface area contributed by atoms with Crippen molar-refractivity contribution in [2.45, 2.75) is 38.9 Å². The SMILES string of the molecule is CC[C@H](OCCOCCO[C@@H](CC)c1ccc2ccc3cccc4ccc1c2c34)c1ccc2ccc3cccc4ccc1c2c34. The van der Waals surface area contributed by atoms with Gasteiger partial charge in [-0.3, -0.25) is 0 Å². The molecule has 0 amide bonds. The summed E-state index contributed by atoms with van der Waals surface area (Å²) < 4.78 is 18.9. The largest absolute Gasteiger partial charge is 0.377 e. The van der Waals surface area contributed by atoms with Gasteiger partial charge in [-0.25, -0.2) is 0 Å². The molecule has 0 saturated carbocycles. The summed E-state index contributed by atoms with van der Waals surface area (Å²) in [6, 6.07) is 40.0. The standard InChI is InChI=1S/C42H38O3/c1-3-37(33-19-15-31-13-11-27-7-5-9-29-17-21-35(33)41(31)39(27)29)44-25-23-43-24-26-45-38(4-2)34-20-16-32-14-12-28-8-6-10-30-18-22-36(34)42(32)40(28)30/h5-22,37-38H,3-4,23-26H2,1-2H3/t37-,38-/m0/s1. The summed E-state index contributed by atoms with van der Waals surface area (Å²) in [4.78, 5) is 0. The Kier molecular flexibility index (Phi) is 7.46. The molecule has 0 saturated heterocycles. The minimum absolute atomic E-state index is 0.0217. The lowest BCUT2D eigenvalue weighted by Gasteiger charge is -2.21. The molecule has 3 heteroatoms. The monoisotopic (exact) mass is 590 g/mol. The highest BCUT2D eigenvalue weighted by Crippen LogP contribution is 2.40. The van der Waals surface area contributed by atoms with Crippen LogP contribution in [0.2, 0.25) is 0 Å². The van der Waals surface area contributed by atoms with Crippen LogP contribution < -0.4 is 0 Å². The molecule has 45 heavy (non-hydrogen) atoms. The van der Waals surface area contributed by atoms with E-state index in [2.05, 4.69) is 123 Å². The molecule has 0 aliphatic carbocycles. The van der Waals surface area contributed by atoms with Crippen molar-refractivity contribution in [3.8, 4) is 0 Å². The first kappa shape index (κ1) is 28.2. The molecule has 0 bridgehead atoms. The van der Waals surface area contributed by atoms with E-state index < -0.39 is 0 Å². The molecule has 2 atom stereocenters. The molecule has 0 unspecified atom stereocenters. The smallest absolute Gasteiger partial charge is 0.0829 e. The van der Waals surface area contributed by atoms with Gasteiger partial charge in [0.1, 0.15) is 0 Å². The lowest BCUT2D eigenvalue weighted by molar-refractivity contribution is -0.0278. The van der Waals surface area contributed by atoms with Gasteiger partial charge in [0.25, 0.3) is 0 Å². The fraction of sp³-hybridized carbons (Fsp3) is 0.238. The first-order valence-electron chi connectivity index (χ1n) is 16.4. The van der Waals surface area contributed by atoms with E-state index in [1.165, 1.54) is 75.8 Å². The van der Waals surface area contributed by atoms with Crippen LogP contribution in [0, 0.1) is 0 Å². The highest BCUT2D eigenvalue weighted by Gasteiger charge is 2.18. The van der Waals surface area contributed by atoms with Gasteiger partial charge in [-0.2, -0.15) is 0 Å². The highest BCUT2D eigenvalue weighted by atomic mass is 16.5. The fourth-order valence-corrected chi connectivity index (χ4v) is 7.53. The first-order chi connectivity index (χ1) is 22.2. The van der Waals surface area contributed by atoms with Gasteiger partial charge in [0.2, 0.25) is 0 Å². The van der Waals surface area contributed by atoms with Crippen molar-refractivity contribution in [2.75, 3.05) is 26.4 Å². The van der Waals surface area contributed by atoms with Gasteiger partial charge in [0, 0.05) is 0 Å². The predicted molar refractivity (Wildman–Crippen MR) is 189 cm³/mol. The van der Waals surface area contributed by atoms with Gasteiger partial charge in [-0.15, -0.1) is 0 Å². The van der Waals surface area contributed by atoms with E-state index in [0.29, 0.717) is 26.4 Å². The van der Waals surface area contributed by atoms with Crippen LogP contribution in [0.25, 0.3) is 64.6 Å². The van der Waals surface area contributed by atoms with Crippen LogP contribution in [0.3, 0.4) is 0 Å². The third-order valence-corrected chi connectivity index (χ3v) is 9.65. The third-order valence-electron chi connectivity index (χ3n) is 9.65. The Morgan fingerprint density at radius 1 is 0.400 bits per heavy atom. The van der Waals surface area contributed by atoms with E-state index in [-0.39, 0.29) is 12.2 Å². The fourth-order valence-electron chi connectivity index (χ4n) is 7.53. The molecule has 0 aromatic heterocycles. The van der Waals surface area contributed by atoms with E-state index in [9.17, 15) is 0 Å². The van der Waals surface area contributed by atoms with E-state index in [0.717, 1.165) is 12.8 Å². The van der Waals surface area contributed by atoms with Crippen LogP contribution in [0.15, 0.2) is 109 Å². The zero-order chi connectivity index (χ0) is 30.3. The number of hydrogen-bond acceptors (Lipinski definition) is 3. The van der Waals surface area contributed by atoms with E-state index in [1.54, 1.807) is 0 Å².